The zero-order valence-corrected chi connectivity index (χ0v) is 17.7. The topological polar surface area (TPSA) is 96.4 Å². The molecule has 3 aliphatic heterocycles. The predicted molar refractivity (Wildman–Crippen MR) is 114 cm³/mol. The molecular weight excluding hydrogens is 431 g/mol. The van der Waals surface area contributed by atoms with Gasteiger partial charge >= 0.3 is 12.1 Å². The molecule has 3 fully saturated rings. The first-order chi connectivity index (χ1) is 15.9. The van der Waals surface area contributed by atoms with Gasteiger partial charge in [0.1, 0.15) is 12.4 Å². The van der Waals surface area contributed by atoms with Crippen LogP contribution in [0.5, 0.6) is 0 Å². The second kappa shape index (κ2) is 6.77. The van der Waals surface area contributed by atoms with Gasteiger partial charge in [0, 0.05) is 13.2 Å². The molecule has 8 nitrogen and oxygen atoms in total. The van der Waals surface area contributed by atoms with Gasteiger partial charge in [-0.05, 0) is 66.6 Å². The van der Waals surface area contributed by atoms with E-state index in [4.69, 9.17) is 9.47 Å². The molecule has 0 radical (unpaired) electrons. The molecule has 6 rings (SSSR count). The van der Waals surface area contributed by atoms with Gasteiger partial charge in [-0.25, -0.2) is 14.0 Å². The van der Waals surface area contributed by atoms with Crippen LogP contribution in [0.3, 0.4) is 0 Å². The summed E-state index contributed by atoms with van der Waals surface area (Å²) < 4.78 is 24.9. The SMILES string of the molecule is O=C(O)c1cc(N2CCOC2=O)cc(N2C(=O)[C@@]3(CC34CCOCC4)c3cc(F)ccc32)c1. The van der Waals surface area contributed by atoms with E-state index in [9.17, 15) is 23.9 Å². The Morgan fingerprint density at radius 2 is 1.79 bits per heavy atom. The highest BCUT2D eigenvalue weighted by Crippen LogP contribution is 2.74. The summed E-state index contributed by atoms with van der Waals surface area (Å²) >= 11 is 0. The van der Waals surface area contributed by atoms with Gasteiger partial charge in [-0.1, -0.05) is 0 Å². The maximum atomic E-state index is 14.3. The molecule has 1 N–H and O–H groups in total. The lowest BCUT2D eigenvalue weighted by Gasteiger charge is -2.27. The van der Waals surface area contributed by atoms with Crippen LogP contribution in [0.2, 0.25) is 0 Å². The van der Waals surface area contributed by atoms with Crippen LogP contribution >= 0.6 is 0 Å². The third-order valence-electron chi connectivity index (χ3n) is 7.54. The van der Waals surface area contributed by atoms with Crippen molar-refractivity contribution in [1.29, 1.82) is 0 Å². The second-order valence-electron chi connectivity index (χ2n) is 9.09. The number of rotatable bonds is 3. The number of carbonyl (C=O) groups excluding carboxylic acids is 2. The van der Waals surface area contributed by atoms with Crippen LogP contribution in [-0.2, 0) is 19.7 Å². The summed E-state index contributed by atoms with van der Waals surface area (Å²) in [5, 5.41) is 9.69. The molecule has 9 heteroatoms. The van der Waals surface area contributed by atoms with Crippen molar-refractivity contribution in [1.82, 2.24) is 0 Å². The molecule has 2 aromatic rings. The van der Waals surface area contributed by atoms with Crippen LogP contribution in [0, 0.1) is 11.2 Å². The van der Waals surface area contributed by atoms with Crippen molar-refractivity contribution in [2.24, 2.45) is 5.41 Å². The van der Waals surface area contributed by atoms with E-state index >= 15 is 0 Å². The third kappa shape index (κ3) is 2.68. The lowest BCUT2D eigenvalue weighted by Crippen LogP contribution is -2.35. The van der Waals surface area contributed by atoms with E-state index in [1.165, 1.54) is 34.1 Å². The fraction of sp³-hybridized carbons (Fsp3) is 0.375. The number of hydrogen-bond donors (Lipinski definition) is 1. The molecule has 1 atom stereocenters. The molecule has 3 heterocycles. The van der Waals surface area contributed by atoms with E-state index in [1.807, 2.05) is 0 Å². The smallest absolute Gasteiger partial charge is 0.414 e. The number of halogens is 1. The van der Waals surface area contributed by atoms with E-state index in [0.717, 1.165) is 0 Å². The van der Waals surface area contributed by atoms with Crippen molar-refractivity contribution >= 4 is 35.0 Å². The second-order valence-corrected chi connectivity index (χ2v) is 9.09. The van der Waals surface area contributed by atoms with Crippen LogP contribution in [0.4, 0.5) is 26.2 Å². The summed E-state index contributed by atoms with van der Waals surface area (Å²) in [5.41, 5.74) is 0.650. The summed E-state index contributed by atoms with van der Waals surface area (Å²) in [6.45, 7) is 1.58. The first-order valence-corrected chi connectivity index (χ1v) is 10.9. The largest absolute Gasteiger partial charge is 0.478 e. The van der Waals surface area contributed by atoms with Crippen molar-refractivity contribution in [3.63, 3.8) is 0 Å². The van der Waals surface area contributed by atoms with Crippen LogP contribution in [-0.4, -0.2) is 49.4 Å². The average Bonchev–Trinajstić information content (AvgIpc) is 3.09. The Hall–Kier alpha value is -3.46. The number of amides is 2. The van der Waals surface area contributed by atoms with E-state index < -0.39 is 23.3 Å². The molecule has 170 valence electrons. The molecule has 0 bridgehead atoms. The number of benzene rings is 2. The Bertz CT molecular complexity index is 1220. The van der Waals surface area contributed by atoms with Gasteiger partial charge in [0.05, 0.1) is 34.6 Å². The van der Waals surface area contributed by atoms with Crippen molar-refractivity contribution in [2.45, 2.75) is 24.7 Å². The molecule has 0 unspecified atom stereocenters. The number of aromatic carboxylic acids is 1. The van der Waals surface area contributed by atoms with Gasteiger partial charge in [-0.15, -0.1) is 0 Å². The summed E-state index contributed by atoms with van der Waals surface area (Å²) in [6.07, 6.45) is 1.46. The number of carboxylic acids is 1. The zero-order valence-electron chi connectivity index (χ0n) is 17.7. The number of cyclic esters (lactones) is 1. The van der Waals surface area contributed by atoms with Crippen LogP contribution in [0.15, 0.2) is 36.4 Å². The Morgan fingerprint density at radius 3 is 2.48 bits per heavy atom. The fourth-order valence-corrected chi connectivity index (χ4v) is 5.86. The molecule has 2 saturated heterocycles. The van der Waals surface area contributed by atoms with Crippen molar-refractivity contribution in [3.05, 3.63) is 53.3 Å². The molecule has 4 aliphatic rings. The molecule has 2 aromatic carbocycles. The molecule has 1 saturated carbocycles. The number of fused-ring (bicyclic) bond motifs is 3. The molecule has 1 aliphatic carbocycles. The van der Waals surface area contributed by atoms with E-state index in [0.29, 0.717) is 55.1 Å². The fourth-order valence-electron chi connectivity index (χ4n) is 5.86. The lowest BCUT2D eigenvalue weighted by molar-refractivity contribution is -0.121. The normalized spacial score (nSPS) is 25.0. The third-order valence-corrected chi connectivity index (χ3v) is 7.54. The average molecular weight is 452 g/mol. The minimum atomic E-state index is -1.18. The van der Waals surface area contributed by atoms with Gasteiger partial charge < -0.3 is 14.6 Å². The highest BCUT2D eigenvalue weighted by atomic mass is 19.1. The summed E-state index contributed by atoms with van der Waals surface area (Å²) in [4.78, 5) is 40.8. The number of nitrogens with zero attached hydrogens (tertiary/aromatic N) is 2. The van der Waals surface area contributed by atoms with Gasteiger partial charge in [0.2, 0.25) is 5.91 Å². The highest BCUT2D eigenvalue weighted by molar-refractivity contribution is 6.16. The minimum Gasteiger partial charge on any atom is -0.478 e. The monoisotopic (exact) mass is 452 g/mol. The van der Waals surface area contributed by atoms with E-state index in [1.54, 1.807) is 12.1 Å². The number of carboxylic acid groups (broad SMARTS) is 1. The quantitative estimate of drug-likeness (QED) is 0.765. The van der Waals surface area contributed by atoms with Gasteiger partial charge in [-0.3, -0.25) is 14.6 Å². The van der Waals surface area contributed by atoms with Gasteiger partial charge in [0.15, 0.2) is 0 Å². The molecule has 33 heavy (non-hydrogen) atoms. The summed E-state index contributed by atoms with van der Waals surface area (Å²) in [6, 6.07) is 8.71. The maximum absolute atomic E-state index is 14.3. The molecule has 2 spiro atoms. The zero-order chi connectivity index (χ0) is 23.0. The predicted octanol–water partition coefficient (Wildman–Crippen LogP) is 3.60. The standard InChI is InChI=1S/C24H21FN2O6/c25-15-1-2-19-18(11-15)24(13-23(24)3-6-32-7-4-23)21(30)27(19)17-10-14(20(28)29)9-16(12-17)26-5-8-33-22(26)31/h1-2,9-12H,3-8,13H2,(H,28,29)/t24-/m1/s1. The van der Waals surface area contributed by atoms with Crippen LogP contribution in [0.25, 0.3) is 0 Å². The molecule has 0 aromatic heterocycles. The first kappa shape index (κ1) is 20.2. The maximum Gasteiger partial charge on any atom is 0.414 e. The number of hydrogen-bond acceptors (Lipinski definition) is 5. The summed E-state index contributed by atoms with van der Waals surface area (Å²) in [7, 11) is 0. The Balaban J connectivity index is 1.51. The summed E-state index contributed by atoms with van der Waals surface area (Å²) in [5.74, 6) is -1.79. The van der Waals surface area contributed by atoms with Crippen molar-refractivity contribution in [2.75, 3.05) is 36.2 Å². The number of ether oxygens (including phenoxy) is 2. The number of anilines is 3. The highest BCUT2D eigenvalue weighted by Gasteiger charge is 2.76. The van der Waals surface area contributed by atoms with E-state index in [-0.39, 0.29) is 30.0 Å². The first-order valence-electron chi connectivity index (χ1n) is 10.9. The lowest BCUT2D eigenvalue weighted by atomic mass is 9.82. The van der Waals surface area contributed by atoms with Crippen molar-refractivity contribution in [3.8, 4) is 0 Å². The Labute approximate surface area is 188 Å². The minimum absolute atomic E-state index is 0.0591. The van der Waals surface area contributed by atoms with Crippen molar-refractivity contribution < 1.29 is 33.4 Å². The van der Waals surface area contributed by atoms with Crippen LogP contribution in [0.1, 0.15) is 35.2 Å². The Kier molecular flexibility index (Phi) is 4.14. The van der Waals surface area contributed by atoms with E-state index in [2.05, 4.69) is 0 Å². The molecule has 2 amide bonds. The van der Waals surface area contributed by atoms with Gasteiger partial charge in [0.25, 0.3) is 0 Å². The Morgan fingerprint density at radius 1 is 1.03 bits per heavy atom. The van der Waals surface area contributed by atoms with Crippen LogP contribution < -0.4 is 9.80 Å². The van der Waals surface area contributed by atoms with Gasteiger partial charge in [-0.2, -0.15) is 0 Å². The number of carbonyl (C=O) groups is 3. The molecular formula is C24H21FN2O6.